The first-order chi connectivity index (χ1) is 12.9. The van der Waals surface area contributed by atoms with Gasteiger partial charge in [-0.25, -0.2) is 4.79 Å². The van der Waals surface area contributed by atoms with Gasteiger partial charge in [0.15, 0.2) is 0 Å². The number of amides is 3. The normalized spacial score (nSPS) is 10.1. The second-order valence-electron chi connectivity index (χ2n) is 5.46. The van der Waals surface area contributed by atoms with Gasteiger partial charge in [-0.15, -0.1) is 6.42 Å². The molecule has 2 aromatic rings. The van der Waals surface area contributed by atoms with Crippen molar-refractivity contribution in [2.45, 2.75) is 6.92 Å². The van der Waals surface area contributed by atoms with Crippen molar-refractivity contribution >= 4 is 41.0 Å². The summed E-state index contributed by atoms with van der Waals surface area (Å²) in [6.45, 7) is 1.42. The monoisotopic (exact) mass is 363 g/mol. The molecular weight excluding hydrogens is 346 g/mol. The molecule has 7 nitrogen and oxygen atoms in total. The Balaban J connectivity index is 2.10. The fourth-order valence-electron chi connectivity index (χ4n) is 2.19. The molecule has 0 aromatic heterocycles. The van der Waals surface area contributed by atoms with Crippen LogP contribution in [-0.2, 0) is 9.59 Å². The first kappa shape index (κ1) is 19.3. The molecule has 0 aliphatic rings. The van der Waals surface area contributed by atoms with E-state index in [1.54, 1.807) is 36.4 Å². The molecule has 3 amide bonds. The van der Waals surface area contributed by atoms with Gasteiger partial charge in [0.2, 0.25) is 11.8 Å². The minimum Gasteiger partial charge on any atom is -0.465 e. The lowest BCUT2D eigenvalue weighted by atomic mass is 10.1. The highest BCUT2D eigenvalue weighted by atomic mass is 16.4. The Hall–Kier alpha value is -4.05. The van der Waals surface area contributed by atoms with Crippen LogP contribution < -0.4 is 16.0 Å². The van der Waals surface area contributed by atoms with Crippen molar-refractivity contribution in [3.63, 3.8) is 0 Å². The van der Waals surface area contributed by atoms with Gasteiger partial charge < -0.3 is 15.7 Å². The summed E-state index contributed by atoms with van der Waals surface area (Å²) in [4.78, 5) is 34.0. The summed E-state index contributed by atoms with van der Waals surface area (Å²) >= 11 is 0. The Morgan fingerprint density at radius 1 is 1.00 bits per heavy atom. The molecule has 0 heterocycles. The first-order valence-corrected chi connectivity index (χ1v) is 7.84. The number of hydrogen-bond donors (Lipinski definition) is 4. The SMILES string of the molecule is C#Cc1ccc(NC(=O)O)c(NC(=O)C=Cc2ccc(NC(C)=O)cc2)c1. The van der Waals surface area contributed by atoms with E-state index in [4.69, 9.17) is 11.5 Å². The number of carbonyl (C=O) groups excluding carboxylic acids is 2. The van der Waals surface area contributed by atoms with E-state index >= 15 is 0 Å². The van der Waals surface area contributed by atoms with Gasteiger partial charge in [-0.3, -0.25) is 14.9 Å². The number of nitrogens with one attached hydrogen (secondary N) is 3. The summed E-state index contributed by atoms with van der Waals surface area (Å²) in [7, 11) is 0. The first-order valence-electron chi connectivity index (χ1n) is 7.84. The van der Waals surface area contributed by atoms with E-state index in [0.717, 1.165) is 5.56 Å². The standard InChI is InChI=1S/C20H17N3O4/c1-3-14-6-10-17(23-20(26)27)18(12-14)22-19(25)11-7-15-4-8-16(9-5-15)21-13(2)24/h1,4-12,23H,2H3,(H,21,24)(H,22,25)(H,26,27). The Kier molecular flexibility index (Phi) is 6.34. The van der Waals surface area contributed by atoms with Gasteiger partial charge in [-0.1, -0.05) is 18.1 Å². The third kappa shape index (κ3) is 6.07. The van der Waals surface area contributed by atoms with E-state index in [1.165, 1.54) is 25.1 Å². The number of carbonyl (C=O) groups is 3. The van der Waals surface area contributed by atoms with E-state index in [0.29, 0.717) is 11.3 Å². The van der Waals surface area contributed by atoms with Crippen LogP contribution in [0.15, 0.2) is 48.5 Å². The average Bonchev–Trinajstić information content (AvgIpc) is 2.61. The molecule has 0 aliphatic heterocycles. The molecule has 7 heteroatoms. The number of carboxylic acid groups (broad SMARTS) is 1. The smallest absolute Gasteiger partial charge is 0.409 e. The van der Waals surface area contributed by atoms with E-state index in [1.807, 2.05) is 0 Å². The lowest BCUT2D eigenvalue weighted by Crippen LogP contribution is -2.13. The lowest BCUT2D eigenvalue weighted by Gasteiger charge is -2.10. The van der Waals surface area contributed by atoms with Crippen LogP contribution in [0, 0.1) is 12.3 Å². The number of anilines is 3. The van der Waals surface area contributed by atoms with E-state index in [-0.39, 0.29) is 17.3 Å². The zero-order valence-electron chi connectivity index (χ0n) is 14.4. The quantitative estimate of drug-likeness (QED) is 0.482. The molecule has 0 fully saturated rings. The van der Waals surface area contributed by atoms with Crippen molar-refractivity contribution in [1.29, 1.82) is 0 Å². The van der Waals surface area contributed by atoms with Crippen LogP contribution in [0.2, 0.25) is 0 Å². The van der Waals surface area contributed by atoms with Crippen molar-refractivity contribution in [2.75, 3.05) is 16.0 Å². The number of terminal acetylenes is 1. The van der Waals surface area contributed by atoms with Gasteiger partial charge in [0.25, 0.3) is 0 Å². The van der Waals surface area contributed by atoms with E-state index in [9.17, 15) is 14.4 Å². The molecule has 0 radical (unpaired) electrons. The van der Waals surface area contributed by atoms with Gasteiger partial charge in [0.05, 0.1) is 11.4 Å². The van der Waals surface area contributed by atoms with Crippen LogP contribution in [0.3, 0.4) is 0 Å². The van der Waals surface area contributed by atoms with Crippen molar-refractivity contribution in [1.82, 2.24) is 0 Å². The molecule has 0 unspecified atom stereocenters. The summed E-state index contributed by atoms with van der Waals surface area (Å²) in [6, 6.07) is 11.4. The summed E-state index contributed by atoms with van der Waals surface area (Å²) in [6.07, 6.45) is 6.97. The van der Waals surface area contributed by atoms with Gasteiger partial charge >= 0.3 is 6.09 Å². The maximum atomic E-state index is 12.2. The van der Waals surface area contributed by atoms with Crippen molar-refractivity contribution < 1.29 is 19.5 Å². The molecule has 4 N–H and O–H groups in total. The number of rotatable bonds is 5. The molecule has 0 aliphatic carbocycles. The lowest BCUT2D eigenvalue weighted by molar-refractivity contribution is -0.114. The fraction of sp³-hybridized carbons (Fsp3) is 0.0500. The minimum absolute atomic E-state index is 0.169. The topological polar surface area (TPSA) is 108 Å². The Morgan fingerprint density at radius 2 is 1.70 bits per heavy atom. The van der Waals surface area contributed by atoms with Crippen LogP contribution in [-0.4, -0.2) is 23.0 Å². The van der Waals surface area contributed by atoms with Crippen molar-refractivity contribution in [3.8, 4) is 12.3 Å². The fourth-order valence-corrected chi connectivity index (χ4v) is 2.19. The second-order valence-corrected chi connectivity index (χ2v) is 5.46. The predicted molar refractivity (Wildman–Crippen MR) is 104 cm³/mol. The van der Waals surface area contributed by atoms with Crippen molar-refractivity contribution in [3.05, 3.63) is 59.7 Å². The van der Waals surface area contributed by atoms with Crippen LogP contribution in [0.4, 0.5) is 21.9 Å². The maximum absolute atomic E-state index is 12.2. The van der Waals surface area contributed by atoms with Crippen LogP contribution >= 0.6 is 0 Å². The molecule has 27 heavy (non-hydrogen) atoms. The summed E-state index contributed by atoms with van der Waals surface area (Å²) in [5.74, 6) is 1.80. The van der Waals surface area contributed by atoms with Crippen LogP contribution in [0.1, 0.15) is 18.1 Å². The highest BCUT2D eigenvalue weighted by Gasteiger charge is 2.08. The Bertz CT molecular complexity index is 941. The Labute approximate surface area is 156 Å². The number of benzene rings is 2. The molecule has 0 bridgehead atoms. The zero-order valence-corrected chi connectivity index (χ0v) is 14.4. The second kappa shape index (κ2) is 8.87. The highest BCUT2D eigenvalue weighted by Crippen LogP contribution is 2.23. The molecule has 0 saturated carbocycles. The van der Waals surface area contributed by atoms with Crippen LogP contribution in [0.5, 0.6) is 0 Å². The van der Waals surface area contributed by atoms with E-state index in [2.05, 4.69) is 21.9 Å². The third-order valence-electron chi connectivity index (χ3n) is 3.34. The van der Waals surface area contributed by atoms with Crippen LogP contribution in [0.25, 0.3) is 6.08 Å². The van der Waals surface area contributed by atoms with Gasteiger partial charge in [0, 0.05) is 24.3 Å². The predicted octanol–water partition coefficient (Wildman–Crippen LogP) is 3.37. The van der Waals surface area contributed by atoms with Crippen molar-refractivity contribution in [2.24, 2.45) is 0 Å². The molecule has 136 valence electrons. The Morgan fingerprint density at radius 3 is 2.30 bits per heavy atom. The molecule has 0 saturated heterocycles. The third-order valence-corrected chi connectivity index (χ3v) is 3.34. The summed E-state index contributed by atoms with van der Waals surface area (Å²) in [5, 5.41) is 16.3. The molecule has 2 rings (SSSR count). The number of hydrogen-bond acceptors (Lipinski definition) is 3. The maximum Gasteiger partial charge on any atom is 0.409 e. The van der Waals surface area contributed by atoms with Gasteiger partial charge in [-0.2, -0.15) is 0 Å². The molecular formula is C20H17N3O4. The molecule has 0 spiro atoms. The molecule has 0 atom stereocenters. The summed E-state index contributed by atoms with van der Waals surface area (Å²) < 4.78 is 0. The highest BCUT2D eigenvalue weighted by molar-refractivity contribution is 6.05. The molecule has 2 aromatic carbocycles. The average molecular weight is 363 g/mol. The largest absolute Gasteiger partial charge is 0.465 e. The van der Waals surface area contributed by atoms with Gasteiger partial charge in [-0.05, 0) is 42.0 Å². The zero-order chi connectivity index (χ0) is 19.8. The minimum atomic E-state index is -1.26. The summed E-state index contributed by atoms with van der Waals surface area (Å²) in [5.41, 5.74) is 2.37. The van der Waals surface area contributed by atoms with E-state index < -0.39 is 12.0 Å². The van der Waals surface area contributed by atoms with Gasteiger partial charge in [0.1, 0.15) is 0 Å².